The maximum Gasteiger partial charge on any atom is 0.313 e. The van der Waals surface area contributed by atoms with Crippen LogP contribution in [0, 0.1) is 22.7 Å². The van der Waals surface area contributed by atoms with Gasteiger partial charge in [-0.3, -0.25) is 19.2 Å². The summed E-state index contributed by atoms with van der Waals surface area (Å²) in [6.45, 7) is 2.34. The number of carbonyl (C=O) groups is 4. The van der Waals surface area contributed by atoms with Crippen LogP contribution < -0.4 is 0 Å². The first-order valence-corrected chi connectivity index (χ1v) is 5.72. The van der Waals surface area contributed by atoms with E-state index in [-0.39, 0.29) is 0 Å². The van der Waals surface area contributed by atoms with E-state index >= 15 is 0 Å². The van der Waals surface area contributed by atoms with Gasteiger partial charge in [0.15, 0.2) is 0 Å². The third-order valence-electron chi connectivity index (χ3n) is 4.14. The lowest BCUT2D eigenvalue weighted by Crippen LogP contribution is -2.73. The minimum Gasteiger partial charge on any atom is -0.481 e. The minimum absolute atomic E-state index is 0.987. The predicted octanol–water partition coefficient (Wildman–Crippen LogP) is -0.240. The van der Waals surface area contributed by atoms with Crippen LogP contribution >= 0.6 is 0 Å². The zero-order valence-electron chi connectivity index (χ0n) is 11.5. The quantitative estimate of drug-likeness (QED) is 0.678. The number of ether oxygens (including phenoxy) is 2. The molecule has 0 bridgehead atoms. The molecule has 1 aliphatic carbocycles. The second kappa shape index (κ2) is 4.77. The normalized spacial score (nSPS) is 35.6. The number of hydrogen-bond acceptors (Lipinski definition) is 6. The first kappa shape index (κ1) is 15.9. The maximum atomic E-state index is 11.8. The largest absolute Gasteiger partial charge is 0.481 e. The monoisotopic (exact) mass is 288 g/mol. The van der Waals surface area contributed by atoms with Crippen molar-refractivity contribution in [1.82, 2.24) is 0 Å². The first-order chi connectivity index (χ1) is 9.09. The van der Waals surface area contributed by atoms with E-state index in [0.29, 0.717) is 0 Å². The van der Waals surface area contributed by atoms with Crippen LogP contribution in [0.15, 0.2) is 0 Å². The van der Waals surface area contributed by atoms with Crippen LogP contribution in [0.4, 0.5) is 0 Å². The molecule has 0 spiro atoms. The summed E-state index contributed by atoms with van der Waals surface area (Å²) < 4.78 is 9.01. The molecule has 0 aliphatic heterocycles. The number of carboxylic acid groups (broad SMARTS) is 2. The average molecular weight is 288 g/mol. The summed E-state index contributed by atoms with van der Waals surface area (Å²) in [4.78, 5) is 46.5. The van der Waals surface area contributed by atoms with Gasteiger partial charge in [0.25, 0.3) is 0 Å². The molecule has 0 unspecified atom stereocenters. The van der Waals surface area contributed by atoms with Crippen molar-refractivity contribution in [3.05, 3.63) is 0 Å². The Morgan fingerprint density at radius 3 is 1.20 bits per heavy atom. The van der Waals surface area contributed by atoms with E-state index in [4.69, 9.17) is 0 Å². The van der Waals surface area contributed by atoms with Gasteiger partial charge >= 0.3 is 23.9 Å². The fourth-order valence-corrected chi connectivity index (χ4v) is 3.42. The molecule has 8 heteroatoms. The number of carbonyl (C=O) groups excluding carboxylic acids is 2. The molecule has 2 N–H and O–H groups in total. The van der Waals surface area contributed by atoms with Gasteiger partial charge in [-0.05, 0) is 13.8 Å². The molecule has 1 rings (SSSR count). The fraction of sp³-hybridized carbons (Fsp3) is 0.667. The summed E-state index contributed by atoms with van der Waals surface area (Å²) in [5.74, 6) is -7.98. The summed E-state index contributed by atoms with van der Waals surface area (Å²) >= 11 is 0. The van der Waals surface area contributed by atoms with Crippen molar-refractivity contribution in [2.75, 3.05) is 14.2 Å². The molecule has 20 heavy (non-hydrogen) atoms. The van der Waals surface area contributed by atoms with Gasteiger partial charge in [-0.25, -0.2) is 0 Å². The maximum absolute atomic E-state index is 11.8. The second-order valence-electron chi connectivity index (χ2n) is 5.09. The molecule has 0 heterocycles. The number of methoxy groups -OCH3 is 2. The van der Waals surface area contributed by atoms with Crippen LogP contribution in [0.1, 0.15) is 13.8 Å². The molecule has 0 atom stereocenters. The third kappa shape index (κ3) is 1.67. The molecule has 0 aromatic heterocycles. The SMILES string of the molecule is COC(=O)C1(C)C(C(=O)O)C(C)(C(=O)OC)C1C(=O)O. The fourth-order valence-electron chi connectivity index (χ4n) is 3.42. The van der Waals surface area contributed by atoms with Crippen LogP contribution in [0.2, 0.25) is 0 Å². The van der Waals surface area contributed by atoms with E-state index in [1.165, 1.54) is 13.8 Å². The second-order valence-corrected chi connectivity index (χ2v) is 5.09. The molecule has 1 saturated carbocycles. The van der Waals surface area contributed by atoms with Crippen molar-refractivity contribution in [1.29, 1.82) is 0 Å². The lowest BCUT2D eigenvalue weighted by molar-refractivity contribution is -0.232. The van der Waals surface area contributed by atoms with Gasteiger partial charge in [-0.2, -0.15) is 0 Å². The standard InChI is InChI=1S/C12H16O8/c1-11(9(17)19-3)5(7(13)14)12(2,10(18)20-4)6(11)8(15)16/h5-6H,1-4H3,(H,13,14)(H,15,16). The molecule has 1 fully saturated rings. The zero-order chi connectivity index (χ0) is 15.9. The summed E-state index contributed by atoms with van der Waals surface area (Å²) in [5.41, 5.74) is -3.68. The lowest BCUT2D eigenvalue weighted by atomic mass is 9.39. The van der Waals surface area contributed by atoms with Gasteiger partial charge in [0.1, 0.15) is 0 Å². The Bertz CT molecular complexity index is 428. The van der Waals surface area contributed by atoms with E-state index in [0.717, 1.165) is 14.2 Å². The van der Waals surface area contributed by atoms with Crippen molar-refractivity contribution in [3.8, 4) is 0 Å². The Balaban J connectivity index is 3.48. The first-order valence-electron chi connectivity index (χ1n) is 5.72. The molecule has 1 aliphatic rings. The smallest absolute Gasteiger partial charge is 0.313 e. The van der Waals surface area contributed by atoms with Gasteiger partial charge in [0.05, 0.1) is 36.9 Å². The molecular formula is C12H16O8. The highest BCUT2D eigenvalue weighted by molar-refractivity contribution is 6.01. The number of esters is 2. The molecule has 112 valence electrons. The third-order valence-corrected chi connectivity index (χ3v) is 4.14. The Kier molecular flexibility index (Phi) is 3.80. The average Bonchev–Trinajstić information content (AvgIpc) is 2.34. The number of carboxylic acids is 2. The molecule has 0 radical (unpaired) electrons. The molecular weight excluding hydrogens is 272 g/mol. The minimum atomic E-state index is -1.84. The molecule has 0 aromatic rings. The molecule has 0 saturated heterocycles. The Hall–Kier alpha value is -2.12. The van der Waals surface area contributed by atoms with Crippen molar-refractivity contribution < 1.29 is 38.9 Å². The highest BCUT2D eigenvalue weighted by atomic mass is 16.5. The van der Waals surface area contributed by atoms with E-state index in [9.17, 15) is 29.4 Å². The summed E-state index contributed by atoms with van der Waals surface area (Å²) in [7, 11) is 2.05. The van der Waals surface area contributed by atoms with Gasteiger partial charge < -0.3 is 19.7 Å². The van der Waals surface area contributed by atoms with E-state index in [2.05, 4.69) is 9.47 Å². The highest BCUT2D eigenvalue weighted by Gasteiger charge is 2.79. The van der Waals surface area contributed by atoms with E-state index in [1.54, 1.807) is 0 Å². The van der Waals surface area contributed by atoms with Gasteiger partial charge in [0.2, 0.25) is 0 Å². The Morgan fingerprint density at radius 2 is 1.05 bits per heavy atom. The molecule has 8 nitrogen and oxygen atoms in total. The summed E-state index contributed by atoms with van der Waals surface area (Å²) in [6.07, 6.45) is 0. The van der Waals surface area contributed by atoms with Crippen LogP contribution in [0.25, 0.3) is 0 Å². The van der Waals surface area contributed by atoms with Crippen LogP contribution in [0.5, 0.6) is 0 Å². The van der Waals surface area contributed by atoms with Crippen molar-refractivity contribution in [2.24, 2.45) is 22.7 Å². The van der Waals surface area contributed by atoms with Crippen LogP contribution in [-0.2, 0) is 28.7 Å². The number of aliphatic carboxylic acids is 2. The van der Waals surface area contributed by atoms with Gasteiger partial charge in [-0.1, -0.05) is 0 Å². The predicted molar refractivity (Wildman–Crippen MR) is 62.5 cm³/mol. The van der Waals surface area contributed by atoms with E-state index in [1.807, 2.05) is 0 Å². The van der Waals surface area contributed by atoms with Gasteiger partial charge in [-0.15, -0.1) is 0 Å². The van der Waals surface area contributed by atoms with E-state index < -0.39 is 46.5 Å². The Labute approximate surface area is 114 Å². The Morgan fingerprint density at radius 1 is 0.800 bits per heavy atom. The number of rotatable bonds is 4. The van der Waals surface area contributed by atoms with Gasteiger partial charge in [0, 0.05) is 0 Å². The lowest BCUT2D eigenvalue weighted by Gasteiger charge is -2.58. The summed E-state index contributed by atoms with van der Waals surface area (Å²) in [5, 5.41) is 18.6. The topological polar surface area (TPSA) is 127 Å². The van der Waals surface area contributed by atoms with Crippen LogP contribution in [-0.4, -0.2) is 48.3 Å². The molecule has 0 aromatic carbocycles. The van der Waals surface area contributed by atoms with Crippen molar-refractivity contribution >= 4 is 23.9 Å². The van der Waals surface area contributed by atoms with Crippen LogP contribution in [0.3, 0.4) is 0 Å². The zero-order valence-corrected chi connectivity index (χ0v) is 11.5. The summed E-state index contributed by atoms with van der Waals surface area (Å²) in [6, 6.07) is 0. The molecule has 0 amide bonds. The van der Waals surface area contributed by atoms with Crippen molar-refractivity contribution in [3.63, 3.8) is 0 Å². The number of hydrogen-bond donors (Lipinski definition) is 2. The van der Waals surface area contributed by atoms with Crippen molar-refractivity contribution in [2.45, 2.75) is 13.8 Å². The highest BCUT2D eigenvalue weighted by Crippen LogP contribution is 2.64.